The van der Waals surface area contributed by atoms with Crippen LogP contribution >= 0.6 is 0 Å². The Morgan fingerprint density at radius 2 is 1.77 bits per heavy atom. The van der Waals surface area contributed by atoms with Crippen LogP contribution in [0.4, 0.5) is 0 Å². The summed E-state index contributed by atoms with van der Waals surface area (Å²) in [5.41, 5.74) is 0.543. The Morgan fingerprint density at radius 1 is 1.19 bits per heavy atom. The van der Waals surface area contributed by atoms with E-state index < -0.39 is 35.9 Å². The number of carbonyl (C=O) groups excluding carboxylic acids is 4. The fraction of sp³-hybridized carbons (Fsp3) is 0.474. The second kappa shape index (κ2) is 6.90. The van der Waals surface area contributed by atoms with Gasteiger partial charge in [0.15, 0.2) is 0 Å². The lowest BCUT2D eigenvalue weighted by atomic mass is 10.0. The van der Waals surface area contributed by atoms with Crippen LogP contribution in [0.5, 0.6) is 0 Å². The van der Waals surface area contributed by atoms with Crippen molar-refractivity contribution in [2.24, 2.45) is 5.92 Å². The van der Waals surface area contributed by atoms with Crippen molar-refractivity contribution in [1.29, 1.82) is 0 Å². The van der Waals surface area contributed by atoms with Crippen LogP contribution in [0, 0.1) is 5.92 Å². The molecule has 2 aliphatic rings. The predicted octanol–water partition coefficient (Wildman–Crippen LogP) is 1.94. The van der Waals surface area contributed by atoms with Gasteiger partial charge in [-0.15, -0.1) is 0 Å². The number of cyclic esters (lactones) is 1. The van der Waals surface area contributed by atoms with Crippen LogP contribution in [0.1, 0.15) is 54.3 Å². The van der Waals surface area contributed by atoms with Crippen molar-refractivity contribution in [3.8, 4) is 0 Å². The Kier molecular flexibility index (Phi) is 4.80. The summed E-state index contributed by atoms with van der Waals surface area (Å²) >= 11 is 0. The minimum atomic E-state index is -1.08. The van der Waals surface area contributed by atoms with Gasteiger partial charge in [0, 0.05) is 6.42 Å². The molecule has 1 aromatic carbocycles. The number of carbonyl (C=O) groups is 4. The summed E-state index contributed by atoms with van der Waals surface area (Å²) in [4.78, 5) is 50.8. The van der Waals surface area contributed by atoms with Crippen LogP contribution in [0.3, 0.4) is 0 Å². The van der Waals surface area contributed by atoms with E-state index in [9.17, 15) is 19.2 Å². The molecule has 26 heavy (non-hydrogen) atoms. The summed E-state index contributed by atoms with van der Waals surface area (Å²) in [7, 11) is 0. The molecule has 0 bridgehead atoms. The SMILES string of the molecule is CC(C)C[C@H](C(=O)O[C@H]1C[C@@H](C)OC1=O)N1C(=O)c2ccccc2C1=O. The molecule has 0 radical (unpaired) electrons. The molecular weight excluding hydrogens is 338 g/mol. The third-order valence-corrected chi connectivity index (χ3v) is 4.49. The molecule has 7 nitrogen and oxygen atoms in total. The van der Waals surface area contributed by atoms with Crippen molar-refractivity contribution in [3.05, 3.63) is 35.4 Å². The molecule has 1 saturated heterocycles. The molecular formula is C19H21NO6. The zero-order valence-corrected chi connectivity index (χ0v) is 14.9. The summed E-state index contributed by atoms with van der Waals surface area (Å²) < 4.78 is 10.3. The predicted molar refractivity (Wildman–Crippen MR) is 90.2 cm³/mol. The van der Waals surface area contributed by atoms with E-state index in [4.69, 9.17) is 9.47 Å². The maximum absolute atomic E-state index is 12.7. The lowest BCUT2D eigenvalue weighted by molar-refractivity contribution is -0.163. The lowest BCUT2D eigenvalue weighted by Gasteiger charge is -2.26. The van der Waals surface area contributed by atoms with Crippen LogP contribution in [-0.4, -0.2) is 46.9 Å². The third-order valence-electron chi connectivity index (χ3n) is 4.49. The standard InChI is InChI=1S/C19H21NO6/c1-10(2)8-14(18(23)26-15-9-11(3)25-19(15)24)20-16(21)12-6-4-5-7-13(12)17(20)22/h4-7,10-11,14-15H,8-9H2,1-3H3/t11-,14-,15+/m1/s1. The smallest absolute Gasteiger partial charge is 0.347 e. The molecule has 138 valence electrons. The highest BCUT2D eigenvalue weighted by molar-refractivity contribution is 6.22. The molecule has 0 aromatic heterocycles. The first-order valence-corrected chi connectivity index (χ1v) is 8.67. The molecule has 1 fully saturated rings. The maximum atomic E-state index is 12.7. The molecule has 7 heteroatoms. The van der Waals surface area contributed by atoms with Gasteiger partial charge in [-0.1, -0.05) is 26.0 Å². The van der Waals surface area contributed by atoms with Gasteiger partial charge in [-0.2, -0.15) is 0 Å². The highest BCUT2D eigenvalue weighted by Gasteiger charge is 2.45. The molecule has 3 rings (SSSR count). The number of esters is 2. The first-order valence-electron chi connectivity index (χ1n) is 8.67. The van der Waals surface area contributed by atoms with Gasteiger partial charge in [-0.3, -0.25) is 14.5 Å². The first-order chi connectivity index (χ1) is 12.3. The van der Waals surface area contributed by atoms with Crippen LogP contribution in [0.2, 0.25) is 0 Å². The van der Waals surface area contributed by atoms with Gasteiger partial charge in [-0.25, -0.2) is 9.59 Å². The van der Waals surface area contributed by atoms with E-state index in [0.717, 1.165) is 4.90 Å². The second-order valence-electron chi connectivity index (χ2n) is 7.08. The van der Waals surface area contributed by atoms with Gasteiger partial charge < -0.3 is 9.47 Å². The van der Waals surface area contributed by atoms with Crippen molar-refractivity contribution >= 4 is 23.8 Å². The summed E-state index contributed by atoms with van der Waals surface area (Å²) in [6, 6.07) is 5.37. The van der Waals surface area contributed by atoms with Gasteiger partial charge in [0.25, 0.3) is 11.8 Å². The molecule has 1 aromatic rings. The van der Waals surface area contributed by atoms with Crippen molar-refractivity contribution in [2.75, 3.05) is 0 Å². The van der Waals surface area contributed by atoms with E-state index >= 15 is 0 Å². The molecule has 0 aliphatic carbocycles. The van der Waals surface area contributed by atoms with Gasteiger partial charge in [-0.05, 0) is 31.4 Å². The number of nitrogens with zero attached hydrogens (tertiary/aromatic N) is 1. The minimum absolute atomic E-state index is 0.0336. The highest BCUT2D eigenvalue weighted by Crippen LogP contribution is 2.28. The third kappa shape index (κ3) is 3.21. The average Bonchev–Trinajstić information content (AvgIpc) is 3.02. The number of ether oxygens (including phenoxy) is 2. The number of imide groups is 1. The maximum Gasteiger partial charge on any atom is 0.347 e. The number of benzene rings is 1. The monoisotopic (exact) mass is 359 g/mol. The van der Waals surface area contributed by atoms with Crippen molar-refractivity contribution < 1.29 is 28.7 Å². The normalized spacial score (nSPS) is 23.2. The molecule has 0 saturated carbocycles. The Bertz CT molecular complexity index is 736. The van der Waals surface area contributed by atoms with E-state index in [-0.39, 0.29) is 36.0 Å². The topological polar surface area (TPSA) is 90.0 Å². The second-order valence-corrected chi connectivity index (χ2v) is 7.08. The Hall–Kier alpha value is -2.70. The summed E-state index contributed by atoms with van der Waals surface area (Å²) in [6.07, 6.45) is -0.812. The lowest BCUT2D eigenvalue weighted by Crippen LogP contribution is -2.47. The quantitative estimate of drug-likeness (QED) is 0.590. The summed E-state index contributed by atoms with van der Waals surface area (Å²) in [5.74, 6) is -2.36. The fourth-order valence-electron chi connectivity index (χ4n) is 3.28. The van der Waals surface area contributed by atoms with Crippen LogP contribution < -0.4 is 0 Å². The highest BCUT2D eigenvalue weighted by atomic mass is 16.6. The molecule has 0 N–H and O–H groups in total. The molecule has 2 amide bonds. The zero-order chi connectivity index (χ0) is 19.0. The number of amides is 2. The van der Waals surface area contributed by atoms with Gasteiger partial charge in [0.05, 0.1) is 11.1 Å². The van der Waals surface area contributed by atoms with Crippen LogP contribution in [0.15, 0.2) is 24.3 Å². The summed E-state index contributed by atoms with van der Waals surface area (Å²) in [5, 5.41) is 0. The zero-order valence-electron chi connectivity index (χ0n) is 14.9. The largest absolute Gasteiger partial charge is 0.460 e. The fourth-order valence-corrected chi connectivity index (χ4v) is 3.28. The number of hydrogen-bond donors (Lipinski definition) is 0. The average molecular weight is 359 g/mol. The van der Waals surface area contributed by atoms with Gasteiger partial charge in [0.2, 0.25) is 6.10 Å². The molecule has 0 spiro atoms. The van der Waals surface area contributed by atoms with E-state index in [2.05, 4.69) is 0 Å². The number of hydrogen-bond acceptors (Lipinski definition) is 6. The van der Waals surface area contributed by atoms with Crippen molar-refractivity contribution in [2.45, 2.75) is 51.9 Å². The summed E-state index contributed by atoms with van der Waals surface area (Å²) in [6.45, 7) is 5.47. The number of rotatable bonds is 5. The van der Waals surface area contributed by atoms with Gasteiger partial charge in [0.1, 0.15) is 12.1 Å². The van der Waals surface area contributed by atoms with E-state index in [1.807, 2.05) is 13.8 Å². The van der Waals surface area contributed by atoms with E-state index in [1.165, 1.54) is 0 Å². The van der Waals surface area contributed by atoms with Gasteiger partial charge >= 0.3 is 11.9 Å². The van der Waals surface area contributed by atoms with E-state index in [0.29, 0.717) is 0 Å². The Morgan fingerprint density at radius 3 is 2.23 bits per heavy atom. The van der Waals surface area contributed by atoms with E-state index in [1.54, 1.807) is 31.2 Å². The molecule has 2 aliphatic heterocycles. The number of fused-ring (bicyclic) bond motifs is 1. The van der Waals surface area contributed by atoms with Crippen LogP contribution in [0.25, 0.3) is 0 Å². The van der Waals surface area contributed by atoms with Crippen LogP contribution in [-0.2, 0) is 19.1 Å². The minimum Gasteiger partial charge on any atom is -0.460 e. The molecule has 3 atom stereocenters. The Balaban J connectivity index is 1.85. The van der Waals surface area contributed by atoms with Crippen molar-refractivity contribution in [1.82, 2.24) is 4.90 Å². The first kappa shape index (κ1) is 18.1. The van der Waals surface area contributed by atoms with Crippen molar-refractivity contribution in [3.63, 3.8) is 0 Å². The molecule has 0 unspecified atom stereocenters. The molecule has 2 heterocycles. The Labute approximate surface area is 151 Å².